The minimum atomic E-state index is 0.957. The normalized spacial score (nSPS) is 11.9. The molecule has 3 heterocycles. The number of aromatic nitrogens is 3. The third-order valence-electron chi connectivity index (χ3n) is 13.0. The summed E-state index contributed by atoms with van der Waals surface area (Å²) < 4.78 is 4.71. The third-order valence-corrected chi connectivity index (χ3v) is 13.0. The Balaban J connectivity index is 0.848. The van der Waals surface area contributed by atoms with Gasteiger partial charge in [0.05, 0.1) is 39.6 Å². The molecule has 0 saturated heterocycles. The van der Waals surface area contributed by atoms with E-state index in [2.05, 4.69) is 228 Å². The highest BCUT2D eigenvalue weighted by Crippen LogP contribution is 2.40. The van der Waals surface area contributed by atoms with E-state index in [-0.39, 0.29) is 0 Å². The van der Waals surface area contributed by atoms with E-state index in [1.54, 1.807) is 0 Å². The van der Waals surface area contributed by atoms with Gasteiger partial charge in [-0.2, -0.15) is 0 Å². The first kappa shape index (κ1) is 34.6. The summed E-state index contributed by atoms with van der Waals surface area (Å²) >= 11 is 0. The minimum Gasteiger partial charge on any atom is -0.309 e. The van der Waals surface area contributed by atoms with Gasteiger partial charge in [-0.1, -0.05) is 152 Å². The number of hydrogen-bond acceptors (Lipinski definition) is 1. The van der Waals surface area contributed by atoms with Gasteiger partial charge in [0.25, 0.3) is 0 Å². The second-order valence-corrected chi connectivity index (χ2v) is 16.3. The maximum Gasteiger partial charge on any atom is 0.0703 e. The fraction of sp³-hybridized carbons (Fsp3) is 0. The zero-order chi connectivity index (χ0) is 40.7. The first-order valence-corrected chi connectivity index (χ1v) is 21.3. The zero-order valence-corrected chi connectivity index (χ0v) is 33.7. The molecule has 0 bridgehead atoms. The van der Waals surface area contributed by atoms with Gasteiger partial charge >= 0.3 is 0 Å². The van der Waals surface area contributed by atoms with Crippen LogP contribution in [-0.2, 0) is 0 Å². The molecule has 0 aliphatic heterocycles. The summed E-state index contributed by atoms with van der Waals surface area (Å²) in [6.07, 6.45) is 2.02. The van der Waals surface area contributed by atoms with Gasteiger partial charge in [-0.25, -0.2) is 0 Å². The Hall–Kier alpha value is -8.27. The van der Waals surface area contributed by atoms with Crippen molar-refractivity contribution in [3.63, 3.8) is 0 Å². The molecule has 13 aromatic rings. The monoisotopic (exact) mass is 787 g/mol. The van der Waals surface area contributed by atoms with Gasteiger partial charge < -0.3 is 9.13 Å². The minimum absolute atomic E-state index is 0.957. The van der Waals surface area contributed by atoms with Crippen molar-refractivity contribution >= 4 is 75.9 Å². The molecule has 0 unspecified atom stereocenters. The number of pyridine rings is 1. The number of para-hydroxylation sites is 3. The Morgan fingerprint density at radius 3 is 1.18 bits per heavy atom. The molecule has 13 rings (SSSR count). The van der Waals surface area contributed by atoms with Crippen molar-refractivity contribution in [2.24, 2.45) is 0 Å². The molecule has 0 atom stereocenters. The Morgan fingerprint density at radius 1 is 0.242 bits per heavy atom. The quantitative estimate of drug-likeness (QED) is 0.159. The molecule has 3 aromatic heterocycles. The van der Waals surface area contributed by atoms with Crippen LogP contribution in [0, 0.1) is 0 Å². The average Bonchev–Trinajstić information content (AvgIpc) is 3.86. The van der Waals surface area contributed by atoms with Gasteiger partial charge in [0, 0.05) is 32.8 Å². The van der Waals surface area contributed by atoms with Crippen molar-refractivity contribution in [3.8, 4) is 44.9 Å². The van der Waals surface area contributed by atoms with Crippen LogP contribution < -0.4 is 0 Å². The van der Waals surface area contributed by atoms with Crippen LogP contribution in [-0.4, -0.2) is 14.1 Å². The maximum absolute atomic E-state index is 5.09. The predicted molar refractivity (Wildman–Crippen MR) is 262 cm³/mol. The van der Waals surface area contributed by atoms with E-state index >= 15 is 0 Å². The highest BCUT2D eigenvalue weighted by atomic mass is 15.0. The average molecular weight is 788 g/mol. The molecule has 0 saturated carbocycles. The van der Waals surface area contributed by atoms with E-state index < -0.39 is 0 Å². The van der Waals surface area contributed by atoms with Crippen molar-refractivity contribution < 1.29 is 0 Å². The van der Waals surface area contributed by atoms with E-state index in [9.17, 15) is 0 Å². The fourth-order valence-corrected chi connectivity index (χ4v) is 10.0. The van der Waals surface area contributed by atoms with Crippen LogP contribution in [0.2, 0.25) is 0 Å². The Kier molecular flexibility index (Phi) is 7.60. The molecular formula is C59H37N3. The van der Waals surface area contributed by atoms with E-state index in [1.165, 1.54) is 92.8 Å². The first-order valence-electron chi connectivity index (χ1n) is 21.3. The van der Waals surface area contributed by atoms with Crippen molar-refractivity contribution in [1.82, 2.24) is 14.1 Å². The summed E-state index contributed by atoms with van der Waals surface area (Å²) in [5.74, 6) is 0. The number of benzene rings is 10. The summed E-state index contributed by atoms with van der Waals surface area (Å²) in [7, 11) is 0. The maximum atomic E-state index is 5.09. The molecule has 288 valence electrons. The van der Waals surface area contributed by atoms with Gasteiger partial charge in [-0.3, -0.25) is 4.98 Å². The lowest BCUT2D eigenvalue weighted by molar-refractivity contribution is 1.14. The SMILES string of the molecule is c1ccc(-n2c3ccccc3c3cc(-c4ccc(-c5ccc6c(c5)c5ccccc5n6-c5ccc(-c6ccc7c8ccccc8c8ccccc8c7c6)nc5)cc4)ccc32)cc1. The van der Waals surface area contributed by atoms with Gasteiger partial charge in [-0.15, -0.1) is 0 Å². The molecule has 0 amide bonds. The van der Waals surface area contributed by atoms with Crippen LogP contribution in [0.1, 0.15) is 0 Å². The molecular weight excluding hydrogens is 751 g/mol. The van der Waals surface area contributed by atoms with Crippen molar-refractivity contribution in [2.45, 2.75) is 0 Å². The van der Waals surface area contributed by atoms with Crippen LogP contribution in [0.25, 0.3) is 121 Å². The number of hydrogen-bond donors (Lipinski definition) is 0. The number of nitrogens with zero attached hydrogens (tertiary/aromatic N) is 3. The third kappa shape index (κ3) is 5.28. The van der Waals surface area contributed by atoms with Crippen molar-refractivity contribution in [1.29, 1.82) is 0 Å². The molecule has 0 radical (unpaired) electrons. The molecule has 3 heteroatoms. The molecule has 0 spiro atoms. The van der Waals surface area contributed by atoms with Crippen LogP contribution in [0.4, 0.5) is 0 Å². The number of rotatable bonds is 5. The molecule has 0 aliphatic carbocycles. The molecule has 0 fully saturated rings. The van der Waals surface area contributed by atoms with Crippen LogP contribution in [0.3, 0.4) is 0 Å². The Labute approximate surface area is 358 Å². The number of fused-ring (bicyclic) bond motifs is 12. The molecule has 0 N–H and O–H groups in total. The van der Waals surface area contributed by atoms with E-state index in [0.717, 1.165) is 28.0 Å². The Bertz CT molecular complexity index is 3860. The van der Waals surface area contributed by atoms with Gasteiger partial charge in [0.2, 0.25) is 0 Å². The summed E-state index contributed by atoms with van der Waals surface area (Å²) in [5, 5.41) is 12.6. The highest BCUT2D eigenvalue weighted by molar-refractivity contribution is 6.25. The first-order chi connectivity index (χ1) is 30.7. The standard InChI is InChI=1S/C59H37N3/c1-2-12-43(13-3-1)61-56-20-10-8-18-50(56)53-34-40(27-32-58(53)61)38-22-24-39(25-23-38)41-28-33-59-54(35-41)51-19-9-11-21-57(51)62(59)44-29-31-55(60-37-44)42-26-30-49-47-16-5-4-14-45(47)46-15-6-7-17-48(46)52(49)36-42/h1-37H. The highest BCUT2D eigenvalue weighted by Gasteiger charge is 2.16. The Morgan fingerprint density at radius 2 is 0.645 bits per heavy atom. The smallest absolute Gasteiger partial charge is 0.0703 e. The summed E-state index contributed by atoms with van der Waals surface area (Å²) in [6.45, 7) is 0. The van der Waals surface area contributed by atoms with Gasteiger partial charge in [0.1, 0.15) is 0 Å². The van der Waals surface area contributed by atoms with Crippen LogP contribution >= 0.6 is 0 Å². The van der Waals surface area contributed by atoms with Crippen molar-refractivity contribution in [2.75, 3.05) is 0 Å². The fourth-order valence-electron chi connectivity index (χ4n) is 10.0. The topological polar surface area (TPSA) is 22.8 Å². The van der Waals surface area contributed by atoms with E-state index in [0.29, 0.717) is 0 Å². The van der Waals surface area contributed by atoms with Gasteiger partial charge in [0.15, 0.2) is 0 Å². The lowest BCUT2D eigenvalue weighted by atomic mass is 9.93. The molecule has 10 aromatic carbocycles. The van der Waals surface area contributed by atoms with Gasteiger partial charge in [-0.05, 0) is 121 Å². The zero-order valence-electron chi connectivity index (χ0n) is 33.7. The largest absolute Gasteiger partial charge is 0.309 e. The second kappa shape index (κ2) is 13.6. The molecule has 0 aliphatic rings. The van der Waals surface area contributed by atoms with E-state index in [4.69, 9.17) is 4.98 Å². The molecule has 3 nitrogen and oxygen atoms in total. The second-order valence-electron chi connectivity index (χ2n) is 16.3. The van der Waals surface area contributed by atoms with Crippen LogP contribution in [0.5, 0.6) is 0 Å². The summed E-state index contributed by atoms with van der Waals surface area (Å²) in [6, 6.07) is 79.4. The molecule has 62 heavy (non-hydrogen) atoms. The summed E-state index contributed by atoms with van der Waals surface area (Å²) in [4.78, 5) is 5.09. The van der Waals surface area contributed by atoms with Crippen molar-refractivity contribution in [3.05, 3.63) is 225 Å². The van der Waals surface area contributed by atoms with Crippen LogP contribution in [0.15, 0.2) is 225 Å². The van der Waals surface area contributed by atoms with E-state index in [1.807, 2.05) is 6.20 Å². The predicted octanol–water partition coefficient (Wildman–Crippen LogP) is 15.7. The lowest BCUT2D eigenvalue weighted by Crippen LogP contribution is -1.95. The lowest BCUT2D eigenvalue weighted by Gasteiger charge is -2.12. The summed E-state index contributed by atoms with van der Waals surface area (Å²) in [5.41, 5.74) is 13.8.